The third-order valence-electron chi connectivity index (χ3n) is 3.58. The maximum Gasteiger partial charge on any atom is 0.0701 e. The van der Waals surface area contributed by atoms with Crippen LogP contribution < -0.4 is 5.73 Å². The Kier molecular flexibility index (Phi) is 3.55. The zero-order valence-corrected chi connectivity index (χ0v) is 12.6. The Morgan fingerprint density at radius 1 is 1.17 bits per heavy atom. The van der Waals surface area contributed by atoms with E-state index < -0.39 is 0 Å². The quantitative estimate of drug-likeness (QED) is 0.898. The highest BCUT2D eigenvalue weighted by molar-refractivity contribution is 9.11. The molecule has 1 unspecified atom stereocenters. The third kappa shape index (κ3) is 2.53. The van der Waals surface area contributed by atoms with Gasteiger partial charge in [-0.1, -0.05) is 18.2 Å². The second-order valence-corrected chi connectivity index (χ2v) is 7.40. The van der Waals surface area contributed by atoms with E-state index in [9.17, 15) is 0 Å². The van der Waals surface area contributed by atoms with Crippen LogP contribution in [0.25, 0.3) is 0 Å². The van der Waals surface area contributed by atoms with E-state index in [-0.39, 0.29) is 6.04 Å². The number of rotatable bonds is 3. The fourth-order valence-electron chi connectivity index (χ4n) is 2.63. The van der Waals surface area contributed by atoms with Crippen LogP contribution >= 0.6 is 27.3 Å². The molecule has 18 heavy (non-hydrogen) atoms. The van der Waals surface area contributed by atoms with E-state index in [0.717, 1.165) is 10.2 Å². The van der Waals surface area contributed by atoms with E-state index in [1.54, 1.807) is 11.3 Å². The molecular weight excluding hydrogens is 306 g/mol. The van der Waals surface area contributed by atoms with Crippen molar-refractivity contribution in [3.05, 3.63) is 55.7 Å². The fourth-order valence-corrected chi connectivity index (χ4v) is 4.06. The molecule has 94 valence electrons. The van der Waals surface area contributed by atoms with Crippen molar-refractivity contribution in [2.24, 2.45) is 5.73 Å². The molecule has 2 N–H and O–H groups in total. The van der Waals surface area contributed by atoms with E-state index in [2.05, 4.69) is 46.3 Å². The molecule has 0 fully saturated rings. The van der Waals surface area contributed by atoms with Crippen LogP contribution in [0.4, 0.5) is 0 Å². The summed E-state index contributed by atoms with van der Waals surface area (Å²) in [7, 11) is 0. The average Bonchev–Trinajstić information content (AvgIpc) is 2.96. The lowest BCUT2D eigenvalue weighted by Gasteiger charge is -2.11. The predicted octanol–water partition coefficient (Wildman–Crippen LogP) is 4.24. The Morgan fingerprint density at radius 2 is 2.00 bits per heavy atom. The fraction of sp³-hybridized carbons (Fsp3) is 0.333. The van der Waals surface area contributed by atoms with Crippen LogP contribution in [-0.4, -0.2) is 0 Å². The summed E-state index contributed by atoms with van der Waals surface area (Å²) in [5.74, 6) is 0. The summed E-state index contributed by atoms with van der Waals surface area (Å²) < 4.78 is 1.15. The minimum absolute atomic E-state index is 0.112. The van der Waals surface area contributed by atoms with Gasteiger partial charge in [0.2, 0.25) is 0 Å². The van der Waals surface area contributed by atoms with Crippen LogP contribution in [0.2, 0.25) is 0 Å². The highest BCUT2D eigenvalue weighted by atomic mass is 79.9. The van der Waals surface area contributed by atoms with Gasteiger partial charge in [0, 0.05) is 10.9 Å². The van der Waals surface area contributed by atoms with Crippen LogP contribution in [0, 0.1) is 0 Å². The van der Waals surface area contributed by atoms with Crippen LogP contribution in [0.3, 0.4) is 0 Å². The molecule has 1 heterocycles. The topological polar surface area (TPSA) is 26.0 Å². The lowest BCUT2D eigenvalue weighted by atomic mass is 10.0. The van der Waals surface area contributed by atoms with E-state index >= 15 is 0 Å². The van der Waals surface area contributed by atoms with Gasteiger partial charge in [0.05, 0.1) is 3.79 Å². The van der Waals surface area contributed by atoms with Crippen LogP contribution in [-0.2, 0) is 19.3 Å². The van der Waals surface area contributed by atoms with Gasteiger partial charge in [-0.15, -0.1) is 11.3 Å². The standard InChI is InChI=1S/C15H16BrNS/c16-15-7-6-14(18-15)13(17)9-10-4-5-11-2-1-3-12(11)8-10/h4-8,13H,1-3,9,17H2. The first kappa shape index (κ1) is 12.4. The summed E-state index contributed by atoms with van der Waals surface area (Å²) in [6.45, 7) is 0. The van der Waals surface area contributed by atoms with Crippen LogP contribution in [0.1, 0.15) is 34.0 Å². The molecule has 0 spiro atoms. The highest BCUT2D eigenvalue weighted by Crippen LogP contribution is 2.29. The molecule has 0 radical (unpaired) electrons. The SMILES string of the molecule is NC(Cc1ccc2c(c1)CCC2)c1ccc(Br)s1. The maximum absolute atomic E-state index is 6.28. The van der Waals surface area contributed by atoms with E-state index in [1.807, 2.05) is 0 Å². The number of benzene rings is 1. The first-order valence-electron chi connectivity index (χ1n) is 6.34. The normalized spacial score (nSPS) is 15.7. The molecule has 1 aliphatic rings. The lowest BCUT2D eigenvalue weighted by Crippen LogP contribution is -2.11. The Balaban J connectivity index is 1.76. The Morgan fingerprint density at radius 3 is 2.78 bits per heavy atom. The van der Waals surface area contributed by atoms with Crippen LogP contribution in [0.15, 0.2) is 34.1 Å². The molecular formula is C15H16BrNS. The van der Waals surface area contributed by atoms with Gasteiger partial charge in [-0.05, 0) is 70.4 Å². The molecule has 1 aliphatic carbocycles. The molecule has 1 atom stereocenters. The Bertz CT molecular complexity index is 561. The first-order valence-corrected chi connectivity index (χ1v) is 7.95. The zero-order chi connectivity index (χ0) is 12.5. The average molecular weight is 322 g/mol. The lowest BCUT2D eigenvalue weighted by molar-refractivity contribution is 0.736. The monoisotopic (exact) mass is 321 g/mol. The Labute approximate surface area is 120 Å². The van der Waals surface area contributed by atoms with Gasteiger partial charge in [-0.3, -0.25) is 0 Å². The molecule has 1 aromatic carbocycles. The summed E-state index contributed by atoms with van der Waals surface area (Å²) in [6.07, 6.45) is 4.73. The van der Waals surface area contributed by atoms with Crippen molar-refractivity contribution < 1.29 is 0 Å². The molecule has 3 heteroatoms. The summed E-state index contributed by atoms with van der Waals surface area (Å²) in [4.78, 5) is 1.25. The number of fused-ring (bicyclic) bond motifs is 1. The summed E-state index contributed by atoms with van der Waals surface area (Å²) in [6, 6.07) is 11.2. The van der Waals surface area contributed by atoms with Crippen molar-refractivity contribution in [1.29, 1.82) is 0 Å². The molecule has 2 aromatic rings. The van der Waals surface area contributed by atoms with E-state index in [0.29, 0.717) is 0 Å². The van der Waals surface area contributed by atoms with Crippen molar-refractivity contribution in [2.75, 3.05) is 0 Å². The number of nitrogens with two attached hydrogens (primary N) is 1. The summed E-state index contributed by atoms with van der Waals surface area (Å²) in [5, 5.41) is 0. The smallest absolute Gasteiger partial charge is 0.0701 e. The number of thiophene rings is 1. The van der Waals surface area contributed by atoms with Gasteiger partial charge in [-0.2, -0.15) is 0 Å². The number of halogens is 1. The third-order valence-corrected chi connectivity index (χ3v) is 5.33. The van der Waals surface area contributed by atoms with Gasteiger partial charge in [-0.25, -0.2) is 0 Å². The number of hydrogen-bond donors (Lipinski definition) is 1. The van der Waals surface area contributed by atoms with Gasteiger partial charge in [0.25, 0.3) is 0 Å². The van der Waals surface area contributed by atoms with Crippen molar-refractivity contribution in [1.82, 2.24) is 0 Å². The maximum atomic E-state index is 6.28. The van der Waals surface area contributed by atoms with Gasteiger partial charge in [0.1, 0.15) is 0 Å². The summed E-state index contributed by atoms with van der Waals surface area (Å²) in [5.41, 5.74) is 10.7. The van der Waals surface area contributed by atoms with Crippen molar-refractivity contribution in [2.45, 2.75) is 31.7 Å². The number of hydrogen-bond acceptors (Lipinski definition) is 2. The first-order chi connectivity index (χ1) is 8.72. The highest BCUT2D eigenvalue weighted by Gasteiger charge is 2.13. The minimum atomic E-state index is 0.112. The molecule has 1 aromatic heterocycles. The van der Waals surface area contributed by atoms with Gasteiger partial charge in [0.15, 0.2) is 0 Å². The second kappa shape index (κ2) is 5.16. The molecule has 3 rings (SSSR count). The predicted molar refractivity (Wildman–Crippen MR) is 81.1 cm³/mol. The zero-order valence-electron chi connectivity index (χ0n) is 10.2. The van der Waals surface area contributed by atoms with E-state index in [4.69, 9.17) is 5.73 Å². The van der Waals surface area contributed by atoms with Crippen molar-refractivity contribution in [3.8, 4) is 0 Å². The summed E-state index contributed by atoms with van der Waals surface area (Å²) >= 11 is 5.22. The van der Waals surface area contributed by atoms with Gasteiger partial charge >= 0.3 is 0 Å². The van der Waals surface area contributed by atoms with E-state index in [1.165, 1.54) is 40.8 Å². The van der Waals surface area contributed by atoms with Crippen LogP contribution in [0.5, 0.6) is 0 Å². The Hall–Kier alpha value is -0.640. The van der Waals surface area contributed by atoms with Crippen molar-refractivity contribution >= 4 is 27.3 Å². The van der Waals surface area contributed by atoms with Gasteiger partial charge < -0.3 is 5.73 Å². The number of aryl methyl sites for hydroxylation is 2. The molecule has 0 saturated heterocycles. The largest absolute Gasteiger partial charge is 0.323 e. The molecule has 1 nitrogen and oxygen atoms in total. The second-order valence-electron chi connectivity index (χ2n) is 4.91. The minimum Gasteiger partial charge on any atom is -0.323 e. The molecule has 0 amide bonds. The molecule has 0 aliphatic heterocycles. The molecule has 0 saturated carbocycles. The molecule has 0 bridgehead atoms. The van der Waals surface area contributed by atoms with Crippen molar-refractivity contribution in [3.63, 3.8) is 0 Å².